The quantitative estimate of drug-likeness (QED) is 0.435. The Bertz CT molecular complexity index is 1330. The zero-order chi connectivity index (χ0) is 22.6. The number of aromatic amines is 1. The summed E-state index contributed by atoms with van der Waals surface area (Å²) in [6.07, 6.45) is 2.74. The Morgan fingerprint density at radius 2 is 1.79 bits per heavy atom. The topological polar surface area (TPSA) is 104 Å². The molecule has 2 aliphatic heterocycles. The van der Waals surface area contributed by atoms with E-state index in [1.165, 1.54) is 0 Å². The predicted molar refractivity (Wildman–Crippen MR) is 123 cm³/mol. The van der Waals surface area contributed by atoms with Gasteiger partial charge in [-0.2, -0.15) is 15.4 Å². The summed E-state index contributed by atoms with van der Waals surface area (Å²) in [4.78, 5) is 15.7. The van der Waals surface area contributed by atoms with Gasteiger partial charge in [-0.1, -0.05) is 34.4 Å². The van der Waals surface area contributed by atoms with Gasteiger partial charge in [-0.3, -0.25) is 4.79 Å². The summed E-state index contributed by atoms with van der Waals surface area (Å²) in [7, 11) is 0. The largest absolute Gasteiger partial charge is 0.403 e. The molecule has 0 aliphatic carbocycles. The van der Waals surface area contributed by atoms with Crippen LogP contribution >= 0.6 is 23.2 Å². The van der Waals surface area contributed by atoms with Gasteiger partial charge in [-0.15, -0.1) is 5.10 Å². The third-order valence-corrected chi connectivity index (χ3v) is 7.19. The van der Waals surface area contributed by atoms with Gasteiger partial charge in [0.25, 0.3) is 0 Å². The number of fused-ring (bicyclic) bond motifs is 1. The van der Waals surface area contributed by atoms with E-state index in [2.05, 4.69) is 30.5 Å². The number of likely N-dealkylation sites (tertiary alicyclic amines) is 1. The van der Waals surface area contributed by atoms with Gasteiger partial charge in [0, 0.05) is 40.7 Å². The van der Waals surface area contributed by atoms with Crippen LogP contribution in [0.2, 0.25) is 10.0 Å². The zero-order valence-corrected chi connectivity index (χ0v) is 18.9. The normalized spacial score (nSPS) is 19.8. The van der Waals surface area contributed by atoms with E-state index in [9.17, 15) is 4.79 Å². The van der Waals surface area contributed by atoms with Crippen LogP contribution in [0.25, 0.3) is 22.5 Å². The number of rotatable bonds is 4. The summed E-state index contributed by atoms with van der Waals surface area (Å²) < 4.78 is 5.93. The number of anilines is 1. The lowest BCUT2D eigenvalue weighted by atomic mass is 9.63. The van der Waals surface area contributed by atoms with Crippen molar-refractivity contribution in [3.63, 3.8) is 0 Å². The van der Waals surface area contributed by atoms with Gasteiger partial charge in [0.15, 0.2) is 0 Å². The van der Waals surface area contributed by atoms with Crippen LogP contribution in [0.3, 0.4) is 0 Å². The molecule has 1 atom stereocenters. The number of H-pyrrole nitrogens is 1. The molecular weight excluding hydrogens is 465 g/mol. The molecule has 2 aromatic carbocycles. The summed E-state index contributed by atoms with van der Waals surface area (Å²) in [5.74, 6) is 0.379. The van der Waals surface area contributed by atoms with E-state index in [4.69, 9.17) is 27.6 Å². The molecule has 1 unspecified atom stereocenters. The minimum atomic E-state index is 0.0121. The molecule has 4 aromatic rings. The number of benzene rings is 2. The molecule has 2 fully saturated rings. The third kappa shape index (κ3) is 3.43. The number of nitrogens with zero attached hydrogens (tertiary/aromatic N) is 6. The van der Waals surface area contributed by atoms with E-state index in [-0.39, 0.29) is 11.5 Å². The lowest BCUT2D eigenvalue weighted by molar-refractivity contribution is -0.144. The Morgan fingerprint density at radius 3 is 2.55 bits per heavy atom. The van der Waals surface area contributed by atoms with Gasteiger partial charge < -0.3 is 14.2 Å². The van der Waals surface area contributed by atoms with Gasteiger partial charge >= 0.3 is 6.01 Å². The number of carbonyl (C=O) groups excluding carboxylic acids is 1. The summed E-state index contributed by atoms with van der Waals surface area (Å²) in [5.41, 5.74) is 3.40. The van der Waals surface area contributed by atoms with Gasteiger partial charge in [0.2, 0.25) is 12.3 Å². The average molecular weight is 484 g/mol. The monoisotopic (exact) mass is 483 g/mol. The first-order valence-corrected chi connectivity index (χ1v) is 11.4. The molecule has 2 aromatic heterocycles. The van der Waals surface area contributed by atoms with E-state index in [0.29, 0.717) is 27.5 Å². The molecule has 1 amide bonds. The first kappa shape index (κ1) is 20.4. The number of amides is 1. The minimum Gasteiger partial charge on any atom is -0.403 e. The van der Waals surface area contributed by atoms with E-state index in [0.717, 1.165) is 55.5 Å². The molecule has 9 nitrogen and oxygen atoms in total. The van der Waals surface area contributed by atoms with Crippen molar-refractivity contribution < 1.29 is 9.21 Å². The Labute approximate surface area is 198 Å². The van der Waals surface area contributed by atoms with Crippen LogP contribution in [0.1, 0.15) is 24.4 Å². The Hall–Kier alpha value is -3.17. The number of hydrogen-bond donors (Lipinski definition) is 1. The molecule has 33 heavy (non-hydrogen) atoms. The van der Waals surface area contributed by atoms with Crippen molar-refractivity contribution in [3.05, 3.63) is 52.0 Å². The molecule has 168 valence electrons. The fourth-order valence-electron chi connectivity index (χ4n) is 5.16. The molecule has 11 heteroatoms. The van der Waals surface area contributed by atoms with Crippen LogP contribution in [0.4, 0.5) is 6.01 Å². The van der Waals surface area contributed by atoms with Crippen LogP contribution in [0.15, 0.2) is 40.8 Å². The van der Waals surface area contributed by atoms with Gasteiger partial charge in [0.05, 0.1) is 6.04 Å². The lowest BCUT2D eigenvalue weighted by Gasteiger charge is -2.59. The van der Waals surface area contributed by atoms with Crippen molar-refractivity contribution in [2.24, 2.45) is 5.41 Å². The molecule has 6 rings (SSSR count). The van der Waals surface area contributed by atoms with Crippen LogP contribution in [0.5, 0.6) is 0 Å². The van der Waals surface area contributed by atoms with Crippen LogP contribution < -0.4 is 4.90 Å². The Morgan fingerprint density at radius 1 is 1.03 bits per heavy atom. The van der Waals surface area contributed by atoms with Crippen LogP contribution in [-0.2, 0) is 4.79 Å². The summed E-state index contributed by atoms with van der Waals surface area (Å²) in [6.45, 7) is 2.25. The second-order valence-electron chi connectivity index (χ2n) is 8.65. The SMILES string of the molecule is O=CN1CC2(CCN(c3nnc(-c4cc(Cl)cc(Cl)c4)o3)CC2)C1c1ccc2n[nH]nc2c1. The maximum absolute atomic E-state index is 11.7. The first-order valence-electron chi connectivity index (χ1n) is 10.6. The number of nitrogens with one attached hydrogen (secondary N) is 1. The average Bonchev–Trinajstić information content (AvgIpc) is 3.47. The van der Waals surface area contributed by atoms with E-state index in [1.807, 2.05) is 23.1 Å². The van der Waals surface area contributed by atoms with Crippen molar-refractivity contribution >= 4 is 46.7 Å². The number of carbonyl (C=O) groups is 1. The van der Waals surface area contributed by atoms with Gasteiger partial charge in [-0.05, 0) is 48.7 Å². The molecule has 1 spiro atoms. The molecule has 2 saturated heterocycles. The molecule has 0 radical (unpaired) electrons. The minimum absolute atomic E-state index is 0.0121. The number of aromatic nitrogens is 5. The number of halogens is 2. The zero-order valence-electron chi connectivity index (χ0n) is 17.4. The lowest BCUT2D eigenvalue weighted by Crippen LogP contribution is -2.61. The maximum Gasteiger partial charge on any atom is 0.318 e. The summed E-state index contributed by atoms with van der Waals surface area (Å²) >= 11 is 12.2. The fraction of sp³-hybridized carbons (Fsp3) is 0.318. The van der Waals surface area contributed by atoms with Crippen molar-refractivity contribution in [1.29, 1.82) is 0 Å². The highest BCUT2D eigenvalue weighted by Crippen LogP contribution is 2.54. The van der Waals surface area contributed by atoms with Crippen LogP contribution in [-0.4, -0.2) is 56.6 Å². The number of piperidine rings is 1. The highest BCUT2D eigenvalue weighted by Gasteiger charge is 2.54. The molecule has 0 bridgehead atoms. The van der Waals surface area contributed by atoms with Crippen molar-refractivity contribution in [2.75, 3.05) is 24.5 Å². The third-order valence-electron chi connectivity index (χ3n) is 6.75. The van der Waals surface area contributed by atoms with Gasteiger partial charge in [0.1, 0.15) is 11.0 Å². The van der Waals surface area contributed by atoms with Crippen molar-refractivity contribution in [1.82, 2.24) is 30.5 Å². The smallest absolute Gasteiger partial charge is 0.318 e. The van der Waals surface area contributed by atoms with Gasteiger partial charge in [-0.25, -0.2) is 0 Å². The predicted octanol–water partition coefficient (Wildman–Crippen LogP) is 4.11. The molecule has 4 heterocycles. The molecule has 2 aliphatic rings. The fourth-order valence-corrected chi connectivity index (χ4v) is 5.69. The summed E-state index contributed by atoms with van der Waals surface area (Å²) in [6, 6.07) is 11.6. The highest BCUT2D eigenvalue weighted by atomic mass is 35.5. The van der Waals surface area contributed by atoms with E-state index in [1.54, 1.807) is 18.2 Å². The van der Waals surface area contributed by atoms with Crippen molar-refractivity contribution in [3.8, 4) is 11.5 Å². The molecule has 1 N–H and O–H groups in total. The molecule has 0 saturated carbocycles. The first-order chi connectivity index (χ1) is 16.0. The Kier molecular flexibility index (Phi) is 4.77. The Balaban J connectivity index is 1.21. The number of hydrogen-bond acceptors (Lipinski definition) is 7. The standard InChI is InChI=1S/C22H19Cl2N7O2/c23-15-7-14(8-16(24)10-15)20-27-28-21(33-20)30-5-3-22(4-6-30)11-31(12-32)19(22)13-1-2-17-18(9-13)26-29-25-17/h1-2,7-10,12,19H,3-6,11H2,(H,25,26,29). The second kappa shape index (κ2) is 7.71. The van der Waals surface area contributed by atoms with E-state index >= 15 is 0 Å². The second-order valence-corrected chi connectivity index (χ2v) is 9.52. The van der Waals surface area contributed by atoms with Crippen LogP contribution in [0, 0.1) is 5.41 Å². The summed E-state index contributed by atoms with van der Waals surface area (Å²) in [5, 5.41) is 20.4. The highest BCUT2D eigenvalue weighted by molar-refractivity contribution is 6.35. The molecular formula is C22H19Cl2N7O2. The van der Waals surface area contributed by atoms with E-state index < -0.39 is 0 Å². The van der Waals surface area contributed by atoms with Crippen molar-refractivity contribution in [2.45, 2.75) is 18.9 Å². The maximum atomic E-state index is 11.7.